The summed E-state index contributed by atoms with van der Waals surface area (Å²) in [6.07, 6.45) is 2.30. The van der Waals surface area contributed by atoms with Gasteiger partial charge in [-0.1, -0.05) is 23.5 Å². The van der Waals surface area contributed by atoms with Crippen molar-refractivity contribution >= 4 is 35.4 Å². The fourth-order valence-electron chi connectivity index (χ4n) is 4.83. The Morgan fingerprint density at radius 1 is 1.31 bits per heavy atom. The summed E-state index contributed by atoms with van der Waals surface area (Å²) >= 11 is 1.35. The van der Waals surface area contributed by atoms with Gasteiger partial charge in [0.1, 0.15) is 25.1 Å². The molecule has 188 valence electrons. The first-order valence-electron chi connectivity index (χ1n) is 11.2. The maximum Gasteiger partial charge on any atom is 0.387 e. The van der Waals surface area contributed by atoms with Crippen LogP contribution in [0.2, 0.25) is 0 Å². The Kier molecular flexibility index (Phi) is 5.38. The topological polar surface area (TPSA) is 95.3 Å². The summed E-state index contributed by atoms with van der Waals surface area (Å²) in [7, 11) is -2.34. The standard InChI is InChI=1S/C24H21F2N4O4PS.H2/c1-35(2,32)11-33-24-27-10-19(36-24)12-6-7-14-16(8-12)30-17-9-15(21(30)28-14)29-22(31)13-4-3-5-18(20(13)17)34-23(25)26;/h3-8,10,15,17,23H,9,11H2,1-2H3,(H,29,31);1H. The van der Waals surface area contributed by atoms with Gasteiger partial charge in [0.2, 0.25) is 0 Å². The number of thiazole rings is 1. The number of aromatic nitrogens is 3. The molecule has 2 aromatic carbocycles. The van der Waals surface area contributed by atoms with Gasteiger partial charge in [-0.05, 0) is 49.6 Å². The van der Waals surface area contributed by atoms with E-state index >= 15 is 0 Å². The predicted molar refractivity (Wildman–Crippen MR) is 134 cm³/mol. The molecule has 2 aliphatic heterocycles. The third kappa shape index (κ3) is 3.96. The molecule has 2 unspecified atom stereocenters. The molecule has 8 nitrogen and oxygen atoms in total. The van der Waals surface area contributed by atoms with Gasteiger partial charge in [-0.2, -0.15) is 8.78 Å². The molecule has 0 spiro atoms. The Labute approximate surface area is 210 Å². The Balaban J connectivity index is 0.00000280. The maximum absolute atomic E-state index is 13.2. The molecule has 4 heterocycles. The van der Waals surface area contributed by atoms with Crippen molar-refractivity contribution in [2.24, 2.45) is 0 Å². The molecule has 4 aromatic rings. The number of carbonyl (C=O) groups excluding carboxylic acids is 1. The minimum Gasteiger partial charge on any atom is -0.462 e. The van der Waals surface area contributed by atoms with Crippen molar-refractivity contribution in [3.05, 3.63) is 59.5 Å². The molecule has 0 radical (unpaired) electrons. The van der Waals surface area contributed by atoms with Gasteiger partial charge in [0.15, 0.2) is 0 Å². The number of nitrogens with zero attached hydrogens (tertiary/aromatic N) is 3. The Hall–Kier alpha value is -3.30. The van der Waals surface area contributed by atoms with Crippen LogP contribution in [0.25, 0.3) is 21.5 Å². The van der Waals surface area contributed by atoms with Crippen molar-refractivity contribution in [2.45, 2.75) is 25.1 Å². The second-order valence-corrected chi connectivity index (χ2v) is 13.7. The highest BCUT2D eigenvalue weighted by molar-refractivity contribution is 7.62. The molecule has 0 aliphatic carbocycles. The SMILES string of the molecule is CP(C)(=O)COc1ncc(-c2ccc3nc4n(c3c2)C2CC4NC(=O)c3cccc(OC(F)F)c32)s1.[HH]. The summed E-state index contributed by atoms with van der Waals surface area (Å²) in [5.74, 6) is 0.326. The lowest BCUT2D eigenvalue weighted by Crippen LogP contribution is -2.28. The summed E-state index contributed by atoms with van der Waals surface area (Å²) in [5, 5.41) is 3.42. The van der Waals surface area contributed by atoms with Gasteiger partial charge in [0, 0.05) is 18.8 Å². The van der Waals surface area contributed by atoms with Gasteiger partial charge < -0.3 is 23.9 Å². The van der Waals surface area contributed by atoms with Crippen LogP contribution in [0.15, 0.2) is 42.6 Å². The quantitative estimate of drug-likeness (QED) is 0.318. The number of hydrogen-bond acceptors (Lipinski definition) is 7. The van der Waals surface area contributed by atoms with Gasteiger partial charge in [0.25, 0.3) is 11.1 Å². The van der Waals surface area contributed by atoms with E-state index in [4.69, 9.17) is 14.5 Å². The number of ether oxygens (including phenoxy) is 2. The zero-order chi connectivity index (χ0) is 25.2. The fraction of sp³-hybridized carbons (Fsp3) is 0.292. The van der Waals surface area contributed by atoms with Crippen molar-refractivity contribution in [2.75, 3.05) is 19.7 Å². The number of halogens is 2. The lowest BCUT2D eigenvalue weighted by atomic mass is 9.97. The molecule has 12 heteroatoms. The second-order valence-electron chi connectivity index (χ2n) is 9.25. The number of imidazole rings is 1. The highest BCUT2D eigenvalue weighted by Crippen LogP contribution is 2.48. The van der Waals surface area contributed by atoms with Gasteiger partial charge in [-0.15, -0.1) is 0 Å². The molecule has 2 bridgehead atoms. The molecule has 0 fully saturated rings. The summed E-state index contributed by atoms with van der Waals surface area (Å²) in [6.45, 7) is 0.307. The van der Waals surface area contributed by atoms with E-state index in [2.05, 4.69) is 10.3 Å². The van der Waals surface area contributed by atoms with Crippen LogP contribution >= 0.6 is 18.5 Å². The fourth-order valence-corrected chi connectivity index (χ4v) is 6.11. The molecular weight excluding hydrogens is 509 g/mol. The highest BCUT2D eigenvalue weighted by atomic mass is 32.1. The van der Waals surface area contributed by atoms with E-state index in [1.54, 1.807) is 31.7 Å². The van der Waals surface area contributed by atoms with Crippen LogP contribution in [0, 0.1) is 0 Å². The van der Waals surface area contributed by atoms with Crippen LogP contribution in [-0.2, 0) is 4.57 Å². The number of carbonyl (C=O) groups is 1. The maximum atomic E-state index is 13.2. The van der Waals surface area contributed by atoms with E-state index in [0.29, 0.717) is 28.6 Å². The molecule has 2 aliphatic rings. The van der Waals surface area contributed by atoms with E-state index < -0.39 is 19.8 Å². The minimum atomic E-state index is -3.01. The van der Waals surface area contributed by atoms with Crippen LogP contribution in [0.1, 0.15) is 41.7 Å². The molecule has 6 rings (SSSR count). The number of fused-ring (bicyclic) bond motifs is 9. The zero-order valence-corrected chi connectivity index (χ0v) is 21.0. The number of alkyl halides is 2. The Bertz CT molecular complexity index is 1570. The van der Waals surface area contributed by atoms with Crippen LogP contribution in [0.3, 0.4) is 0 Å². The van der Waals surface area contributed by atoms with Crippen molar-refractivity contribution in [1.82, 2.24) is 19.9 Å². The number of nitrogens with one attached hydrogen (secondary N) is 1. The molecule has 0 saturated carbocycles. The van der Waals surface area contributed by atoms with E-state index in [1.807, 2.05) is 22.8 Å². The second kappa shape index (κ2) is 8.38. The first-order chi connectivity index (χ1) is 17.2. The number of hydrogen-bond donors (Lipinski definition) is 1. The molecular formula is C24H23F2N4O4PS. The molecule has 2 atom stereocenters. The van der Waals surface area contributed by atoms with Crippen LogP contribution in [0.4, 0.5) is 8.78 Å². The zero-order valence-electron chi connectivity index (χ0n) is 19.3. The first-order valence-corrected chi connectivity index (χ1v) is 14.8. The number of rotatable bonds is 6. The average molecular weight is 533 g/mol. The summed E-state index contributed by atoms with van der Waals surface area (Å²) in [6, 6.07) is 9.66. The van der Waals surface area contributed by atoms with Crippen molar-refractivity contribution in [1.29, 1.82) is 0 Å². The minimum absolute atomic E-state index is 0. The molecule has 1 N–H and O–H groups in total. The lowest BCUT2D eigenvalue weighted by Gasteiger charge is -2.21. The van der Waals surface area contributed by atoms with E-state index in [0.717, 1.165) is 21.5 Å². The van der Waals surface area contributed by atoms with E-state index in [9.17, 15) is 18.1 Å². The van der Waals surface area contributed by atoms with E-state index in [-0.39, 0.29) is 25.5 Å². The van der Waals surface area contributed by atoms with Crippen LogP contribution in [-0.4, -0.2) is 46.7 Å². The summed E-state index contributed by atoms with van der Waals surface area (Å²) < 4.78 is 50.8. The van der Waals surface area contributed by atoms with Gasteiger partial charge in [-0.3, -0.25) is 4.79 Å². The molecule has 0 saturated heterocycles. The Morgan fingerprint density at radius 2 is 2.14 bits per heavy atom. The van der Waals surface area contributed by atoms with Crippen molar-refractivity contribution in [3.63, 3.8) is 0 Å². The van der Waals surface area contributed by atoms with Crippen LogP contribution < -0.4 is 14.8 Å². The molecule has 1 amide bonds. The highest BCUT2D eigenvalue weighted by Gasteiger charge is 2.42. The van der Waals surface area contributed by atoms with Gasteiger partial charge in [-0.25, -0.2) is 9.97 Å². The summed E-state index contributed by atoms with van der Waals surface area (Å²) in [5.41, 5.74) is 3.17. The average Bonchev–Trinajstić information content (AvgIpc) is 3.49. The van der Waals surface area contributed by atoms with Crippen molar-refractivity contribution < 1.29 is 29.0 Å². The van der Waals surface area contributed by atoms with Gasteiger partial charge >= 0.3 is 6.61 Å². The summed E-state index contributed by atoms with van der Waals surface area (Å²) in [4.78, 5) is 22.8. The largest absolute Gasteiger partial charge is 0.462 e. The molecule has 2 aromatic heterocycles. The van der Waals surface area contributed by atoms with Crippen molar-refractivity contribution in [3.8, 4) is 21.4 Å². The lowest BCUT2D eigenvalue weighted by molar-refractivity contribution is -0.0507. The number of amides is 1. The molecule has 36 heavy (non-hydrogen) atoms. The Morgan fingerprint density at radius 3 is 2.92 bits per heavy atom. The monoisotopic (exact) mass is 532 g/mol. The third-order valence-electron chi connectivity index (χ3n) is 6.23. The smallest absolute Gasteiger partial charge is 0.387 e. The third-order valence-corrected chi connectivity index (χ3v) is 7.94. The predicted octanol–water partition coefficient (Wildman–Crippen LogP) is 5.74. The first kappa shape index (κ1) is 23.1. The van der Waals surface area contributed by atoms with E-state index in [1.165, 1.54) is 17.4 Å². The van der Waals surface area contributed by atoms with Gasteiger partial charge in [0.05, 0.1) is 28.0 Å². The van der Waals surface area contributed by atoms with Crippen LogP contribution in [0.5, 0.6) is 10.9 Å². The normalized spacial score (nSPS) is 18.6. The number of benzene rings is 2.